The summed E-state index contributed by atoms with van der Waals surface area (Å²) in [6.45, 7) is 9.17. The van der Waals surface area contributed by atoms with Gasteiger partial charge in [-0.15, -0.1) is 0 Å². The molecule has 0 unspecified atom stereocenters. The van der Waals surface area contributed by atoms with Crippen LogP contribution in [-0.4, -0.2) is 70.8 Å². The summed E-state index contributed by atoms with van der Waals surface area (Å²) in [6, 6.07) is 5.96. The van der Waals surface area contributed by atoms with Crippen molar-refractivity contribution in [3.8, 4) is 0 Å². The molecular weight excluding hydrogens is 328 g/mol. The summed E-state index contributed by atoms with van der Waals surface area (Å²) in [4.78, 5) is 25.3. The first-order valence-corrected chi connectivity index (χ1v) is 9.28. The van der Waals surface area contributed by atoms with E-state index in [1.165, 1.54) is 0 Å². The Morgan fingerprint density at radius 2 is 2.04 bits per heavy atom. The summed E-state index contributed by atoms with van der Waals surface area (Å²) in [7, 11) is 1.90. The van der Waals surface area contributed by atoms with Crippen LogP contribution in [0.25, 0.3) is 5.65 Å². The number of guanidine groups is 1. The van der Waals surface area contributed by atoms with Crippen molar-refractivity contribution < 1.29 is 4.79 Å². The zero-order chi connectivity index (χ0) is 18.9. The molecule has 0 radical (unpaired) electrons. The van der Waals surface area contributed by atoms with Gasteiger partial charge in [0.15, 0.2) is 5.96 Å². The van der Waals surface area contributed by atoms with Crippen LogP contribution in [-0.2, 0) is 11.2 Å². The number of likely N-dealkylation sites (N-methyl/N-ethyl adjacent to an activating group) is 2. The van der Waals surface area contributed by atoms with Crippen molar-refractivity contribution in [2.24, 2.45) is 4.99 Å². The van der Waals surface area contributed by atoms with Crippen molar-refractivity contribution >= 4 is 17.5 Å². The molecule has 2 rings (SSSR count). The molecule has 7 heteroatoms. The molecule has 0 atom stereocenters. The number of rotatable bonds is 8. The largest absolute Gasteiger partial charge is 0.357 e. The molecule has 0 saturated carbocycles. The lowest BCUT2D eigenvalue weighted by Gasteiger charge is -2.25. The number of amides is 1. The van der Waals surface area contributed by atoms with Crippen molar-refractivity contribution in [1.29, 1.82) is 0 Å². The van der Waals surface area contributed by atoms with E-state index in [-0.39, 0.29) is 5.91 Å². The lowest BCUT2D eigenvalue weighted by molar-refractivity contribution is -0.131. The molecule has 2 aromatic heterocycles. The second-order valence-electron chi connectivity index (χ2n) is 6.11. The number of hydrogen-bond acceptors (Lipinski definition) is 3. The van der Waals surface area contributed by atoms with Gasteiger partial charge in [-0.25, -0.2) is 4.98 Å². The quantitative estimate of drug-likeness (QED) is 0.576. The Morgan fingerprint density at radius 1 is 1.27 bits per heavy atom. The molecule has 0 bridgehead atoms. The minimum atomic E-state index is 0.114. The second-order valence-corrected chi connectivity index (χ2v) is 6.11. The Kier molecular flexibility index (Phi) is 7.44. The van der Waals surface area contributed by atoms with E-state index in [4.69, 9.17) is 0 Å². The Bertz CT molecular complexity index is 701. The van der Waals surface area contributed by atoms with Crippen molar-refractivity contribution in [3.63, 3.8) is 0 Å². The van der Waals surface area contributed by atoms with Crippen LogP contribution in [0.15, 0.2) is 35.6 Å². The van der Waals surface area contributed by atoms with Gasteiger partial charge in [0.25, 0.3) is 0 Å². The summed E-state index contributed by atoms with van der Waals surface area (Å²) in [5.74, 6) is 0.861. The summed E-state index contributed by atoms with van der Waals surface area (Å²) < 4.78 is 2.01. The average molecular weight is 358 g/mol. The van der Waals surface area contributed by atoms with Gasteiger partial charge in [0, 0.05) is 52.0 Å². The summed E-state index contributed by atoms with van der Waals surface area (Å²) in [5, 5.41) is 3.26. The number of hydrogen-bond donors (Lipinski definition) is 1. The summed E-state index contributed by atoms with van der Waals surface area (Å²) in [5.41, 5.74) is 1.96. The predicted octanol–water partition coefficient (Wildman–Crippen LogP) is 1.64. The van der Waals surface area contributed by atoms with Crippen LogP contribution in [0.5, 0.6) is 0 Å². The molecule has 0 fully saturated rings. The number of carbonyl (C=O) groups excluding carboxylic acids is 1. The van der Waals surface area contributed by atoms with Gasteiger partial charge >= 0.3 is 0 Å². The molecule has 0 aliphatic carbocycles. The predicted molar refractivity (Wildman–Crippen MR) is 105 cm³/mol. The fraction of sp³-hybridized carbons (Fsp3) is 0.526. The number of imidazole rings is 1. The van der Waals surface area contributed by atoms with Gasteiger partial charge in [-0.2, -0.15) is 0 Å². The van der Waals surface area contributed by atoms with E-state index in [1.54, 1.807) is 0 Å². The highest BCUT2D eigenvalue weighted by atomic mass is 16.2. The van der Waals surface area contributed by atoms with Crippen LogP contribution in [0, 0.1) is 0 Å². The monoisotopic (exact) mass is 358 g/mol. The van der Waals surface area contributed by atoms with Gasteiger partial charge in [-0.05, 0) is 32.9 Å². The third kappa shape index (κ3) is 5.21. The first-order valence-electron chi connectivity index (χ1n) is 9.28. The van der Waals surface area contributed by atoms with Crippen LogP contribution in [0.4, 0.5) is 0 Å². The Morgan fingerprint density at radius 3 is 2.69 bits per heavy atom. The fourth-order valence-electron chi connectivity index (χ4n) is 2.81. The molecule has 2 heterocycles. The number of nitrogens with zero attached hydrogens (tertiary/aromatic N) is 5. The van der Waals surface area contributed by atoms with E-state index in [0.29, 0.717) is 13.1 Å². The number of pyridine rings is 1. The molecule has 0 saturated heterocycles. The Balaban J connectivity index is 1.97. The van der Waals surface area contributed by atoms with Crippen LogP contribution < -0.4 is 5.32 Å². The molecule has 26 heavy (non-hydrogen) atoms. The van der Waals surface area contributed by atoms with Crippen molar-refractivity contribution in [3.05, 3.63) is 36.3 Å². The topological polar surface area (TPSA) is 65.2 Å². The maximum Gasteiger partial charge on any atom is 0.242 e. The van der Waals surface area contributed by atoms with Gasteiger partial charge in [-0.3, -0.25) is 9.79 Å². The summed E-state index contributed by atoms with van der Waals surface area (Å²) in [6.07, 6.45) is 4.78. The van der Waals surface area contributed by atoms with E-state index in [9.17, 15) is 4.79 Å². The first kappa shape index (κ1) is 19.8. The van der Waals surface area contributed by atoms with Gasteiger partial charge in [0.1, 0.15) is 5.65 Å². The highest BCUT2D eigenvalue weighted by Gasteiger charge is 2.14. The minimum absolute atomic E-state index is 0.114. The van der Waals surface area contributed by atoms with Crippen LogP contribution >= 0.6 is 0 Å². The number of nitrogens with one attached hydrogen (secondary N) is 1. The van der Waals surface area contributed by atoms with Crippen LogP contribution in [0.2, 0.25) is 0 Å². The third-order valence-corrected chi connectivity index (χ3v) is 4.23. The molecule has 142 valence electrons. The highest BCUT2D eigenvalue weighted by Crippen LogP contribution is 2.05. The van der Waals surface area contributed by atoms with Crippen molar-refractivity contribution in [1.82, 2.24) is 24.5 Å². The normalized spacial score (nSPS) is 11.6. The van der Waals surface area contributed by atoms with E-state index in [0.717, 1.165) is 43.4 Å². The Hall–Kier alpha value is -2.57. The van der Waals surface area contributed by atoms with Gasteiger partial charge < -0.3 is 19.5 Å². The SMILES string of the molecule is CCNC(=NCCc1cn2ccccc2n1)N(C)CC(=O)N(CC)CC. The van der Waals surface area contributed by atoms with E-state index in [2.05, 4.69) is 15.3 Å². The summed E-state index contributed by atoms with van der Waals surface area (Å²) >= 11 is 0. The molecule has 0 spiro atoms. The molecule has 1 N–H and O–H groups in total. The maximum atomic E-state index is 12.3. The lowest BCUT2D eigenvalue weighted by atomic mass is 10.3. The first-order chi connectivity index (χ1) is 12.6. The minimum Gasteiger partial charge on any atom is -0.357 e. The zero-order valence-corrected chi connectivity index (χ0v) is 16.3. The zero-order valence-electron chi connectivity index (χ0n) is 16.3. The molecule has 0 aliphatic rings. The van der Waals surface area contributed by atoms with Gasteiger partial charge in [0.05, 0.1) is 12.2 Å². The molecule has 0 aliphatic heterocycles. The fourth-order valence-corrected chi connectivity index (χ4v) is 2.81. The average Bonchev–Trinajstić information content (AvgIpc) is 3.04. The smallest absolute Gasteiger partial charge is 0.242 e. The Labute approximate surface area is 155 Å². The van der Waals surface area contributed by atoms with Crippen molar-refractivity contribution in [2.75, 3.05) is 39.8 Å². The number of aliphatic imine (C=N–C) groups is 1. The van der Waals surface area contributed by atoms with Crippen LogP contribution in [0.1, 0.15) is 26.5 Å². The third-order valence-electron chi connectivity index (χ3n) is 4.23. The van der Waals surface area contributed by atoms with Gasteiger partial charge in [0.2, 0.25) is 5.91 Å². The van der Waals surface area contributed by atoms with E-state index < -0.39 is 0 Å². The van der Waals surface area contributed by atoms with Gasteiger partial charge in [-0.1, -0.05) is 6.07 Å². The maximum absolute atomic E-state index is 12.3. The van der Waals surface area contributed by atoms with Crippen LogP contribution in [0.3, 0.4) is 0 Å². The molecular formula is C19H30N6O. The van der Waals surface area contributed by atoms with Crippen molar-refractivity contribution in [2.45, 2.75) is 27.2 Å². The standard InChI is InChI=1S/C19H30N6O/c1-5-20-19(23(4)15-18(26)24(6-2)7-3)21-12-11-16-14-25-13-9-8-10-17(25)22-16/h8-10,13-14H,5-7,11-12,15H2,1-4H3,(H,20,21). The lowest BCUT2D eigenvalue weighted by Crippen LogP contribution is -2.45. The second kappa shape index (κ2) is 9.79. The number of fused-ring (bicyclic) bond motifs is 1. The highest BCUT2D eigenvalue weighted by molar-refractivity contribution is 5.86. The number of aromatic nitrogens is 2. The van der Waals surface area contributed by atoms with E-state index in [1.807, 2.05) is 72.6 Å². The number of carbonyl (C=O) groups is 1. The van der Waals surface area contributed by atoms with E-state index >= 15 is 0 Å². The molecule has 1 amide bonds. The molecule has 2 aromatic rings. The molecule has 0 aromatic carbocycles. The molecule has 7 nitrogen and oxygen atoms in total.